The lowest BCUT2D eigenvalue weighted by molar-refractivity contribution is -0.129. The van der Waals surface area contributed by atoms with Gasteiger partial charge in [0.2, 0.25) is 11.8 Å². The number of carbonyl (C=O) groups excluding carboxylic acids is 2. The number of fused-ring (bicyclic) bond motifs is 5. The van der Waals surface area contributed by atoms with Gasteiger partial charge in [-0.25, -0.2) is 0 Å². The Bertz CT molecular complexity index is 1320. The molecule has 0 saturated carbocycles. The fourth-order valence-corrected chi connectivity index (χ4v) is 5.47. The highest BCUT2D eigenvalue weighted by Crippen LogP contribution is 2.40. The highest BCUT2D eigenvalue weighted by atomic mass is 32.2. The molecule has 0 radical (unpaired) electrons. The van der Waals surface area contributed by atoms with Crippen LogP contribution >= 0.6 is 11.9 Å². The van der Waals surface area contributed by atoms with Gasteiger partial charge < -0.3 is 21.1 Å². The van der Waals surface area contributed by atoms with Gasteiger partial charge in [-0.2, -0.15) is 0 Å². The zero-order valence-corrected chi connectivity index (χ0v) is 20.8. The molecular weight excluding hydrogens is 472 g/mol. The zero-order chi connectivity index (χ0) is 24.9. The standard InChI is InChI=1S/C28H30N4O3S/c29-11-4-12-30-28(34)23-16-18-15-19-5-3-7-22(27(19)24(17-18)35-14-10-26(33)32-23)20-9-13-31-36-25-8-2-1-6-21(20)25/h1-3,5-9,15,17,23,31H,4,10-14,16,29H2,(H,30,34)(H,32,33)/t23-/m1/s1. The van der Waals surface area contributed by atoms with Crippen LogP contribution in [0, 0.1) is 0 Å². The van der Waals surface area contributed by atoms with E-state index in [1.807, 2.05) is 12.1 Å². The van der Waals surface area contributed by atoms with Crippen molar-refractivity contribution >= 4 is 40.1 Å². The molecule has 5 rings (SSSR count). The SMILES string of the molecule is NCCCNC(=O)[C@H]1Cc2cc(c3c(C4=CCNSc5ccccc54)cccc3c2)OCCC(=O)N1. The second-order valence-electron chi connectivity index (χ2n) is 8.92. The summed E-state index contributed by atoms with van der Waals surface area (Å²) in [6, 6.07) is 18.1. The number of hydrogen-bond acceptors (Lipinski definition) is 6. The van der Waals surface area contributed by atoms with Gasteiger partial charge >= 0.3 is 0 Å². The molecule has 2 bridgehead atoms. The molecular formula is C28H30N4O3S. The maximum atomic E-state index is 12.8. The molecule has 2 amide bonds. The predicted octanol–water partition coefficient (Wildman–Crippen LogP) is 3.16. The molecule has 3 aromatic carbocycles. The fraction of sp³-hybridized carbons (Fsp3) is 0.286. The Morgan fingerprint density at radius 2 is 2.00 bits per heavy atom. The molecule has 3 aromatic rings. The van der Waals surface area contributed by atoms with Gasteiger partial charge in [-0.15, -0.1) is 0 Å². The first kappa shape index (κ1) is 24.4. The lowest BCUT2D eigenvalue weighted by Crippen LogP contribution is -2.48. The monoisotopic (exact) mass is 502 g/mol. The number of nitrogens with one attached hydrogen (secondary N) is 3. The molecule has 2 aliphatic heterocycles. The van der Waals surface area contributed by atoms with Crippen molar-refractivity contribution in [2.75, 3.05) is 26.2 Å². The molecule has 0 saturated heterocycles. The van der Waals surface area contributed by atoms with E-state index < -0.39 is 6.04 Å². The molecule has 2 aliphatic rings. The Labute approximate surface area is 215 Å². The van der Waals surface area contributed by atoms with E-state index in [0.29, 0.717) is 25.9 Å². The Morgan fingerprint density at radius 3 is 2.89 bits per heavy atom. The van der Waals surface area contributed by atoms with Gasteiger partial charge in [-0.05, 0) is 64.7 Å². The Hall–Kier alpha value is -3.33. The number of ether oxygens (including phenoxy) is 1. The fourth-order valence-electron chi connectivity index (χ4n) is 4.71. The molecule has 186 valence electrons. The van der Waals surface area contributed by atoms with E-state index in [1.54, 1.807) is 11.9 Å². The second-order valence-corrected chi connectivity index (χ2v) is 9.85. The van der Waals surface area contributed by atoms with E-state index in [1.165, 1.54) is 10.5 Å². The molecule has 0 aliphatic carbocycles. The third kappa shape index (κ3) is 5.26. The van der Waals surface area contributed by atoms with E-state index in [4.69, 9.17) is 10.5 Å². The Morgan fingerprint density at radius 1 is 1.14 bits per heavy atom. The third-order valence-corrected chi connectivity index (χ3v) is 7.28. The summed E-state index contributed by atoms with van der Waals surface area (Å²) < 4.78 is 9.60. The van der Waals surface area contributed by atoms with Gasteiger partial charge in [0.1, 0.15) is 11.8 Å². The van der Waals surface area contributed by atoms with Crippen LogP contribution in [0.15, 0.2) is 65.6 Å². The Kier molecular flexibility index (Phi) is 7.55. The van der Waals surface area contributed by atoms with E-state index in [2.05, 4.69) is 63.9 Å². The topological polar surface area (TPSA) is 105 Å². The van der Waals surface area contributed by atoms with E-state index in [9.17, 15) is 9.59 Å². The summed E-state index contributed by atoms with van der Waals surface area (Å²) in [6.07, 6.45) is 3.45. The van der Waals surface area contributed by atoms with Gasteiger partial charge in [0.25, 0.3) is 0 Å². The van der Waals surface area contributed by atoms with Crippen molar-refractivity contribution in [2.45, 2.75) is 30.2 Å². The number of amides is 2. The number of nitrogens with two attached hydrogens (primary N) is 1. The first-order valence-corrected chi connectivity index (χ1v) is 13.1. The van der Waals surface area contributed by atoms with Crippen molar-refractivity contribution in [2.24, 2.45) is 5.73 Å². The van der Waals surface area contributed by atoms with Gasteiger partial charge in [0.05, 0.1) is 13.0 Å². The maximum Gasteiger partial charge on any atom is 0.242 e. The lowest BCUT2D eigenvalue weighted by atomic mass is 9.90. The van der Waals surface area contributed by atoms with Crippen molar-refractivity contribution in [3.05, 3.63) is 77.4 Å². The highest BCUT2D eigenvalue weighted by Gasteiger charge is 2.24. The summed E-state index contributed by atoms with van der Waals surface area (Å²) in [5.41, 5.74) is 9.89. The molecule has 2 heterocycles. The quantitative estimate of drug-likeness (QED) is 0.316. The molecule has 1 atom stereocenters. The summed E-state index contributed by atoms with van der Waals surface area (Å²) in [4.78, 5) is 26.6. The van der Waals surface area contributed by atoms with E-state index >= 15 is 0 Å². The van der Waals surface area contributed by atoms with Crippen LogP contribution in [0.25, 0.3) is 16.3 Å². The molecule has 0 fully saturated rings. The van der Waals surface area contributed by atoms with Crippen LogP contribution in [0.2, 0.25) is 0 Å². The van der Waals surface area contributed by atoms with Crippen LogP contribution in [-0.2, 0) is 16.0 Å². The molecule has 7 nitrogen and oxygen atoms in total. The first-order valence-electron chi connectivity index (χ1n) is 12.3. The number of hydrogen-bond donors (Lipinski definition) is 4. The van der Waals surface area contributed by atoms with Crippen LogP contribution < -0.4 is 25.8 Å². The van der Waals surface area contributed by atoms with E-state index in [0.717, 1.165) is 39.8 Å². The minimum atomic E-state index is -0.651. The Balaban J connectivity index is 1.57. The highest BCUT2D eigenvalue weighted by molar-refractivity contribution is 7.97. The summed E-state index contributed by atoms with van der Waals surface area (Å²) in [6.45, 7) is 1.95. The molecule has 8 heteroatoms. The van der Waals surface area contributed by atoms with Crippen LogP contribution in [0.1, 0.15) is 29.5 Å². The molecule has 36 heavy (non-hydrogen) atoms. The summed E-state index contributed by atoms with van der Waals surface area (Å²) in [5.74, 6) is 0.337. The van der Waals surface area contributed by atoms with Crippen LogP contribution in [0.3, 0.4) is 0 Å². The van der Waals surface area contributed by atoms with Crippen molar-refractivity contribution in [3.63, 3.8) is 0 Å². The summed E-state index contributed by atoms with van der Waals surface area (Å²) >= 11 is 1.64. The normalized spacial score (nSPS) is 17.8. The average molecular weight is 503 g/mol. The van der Waals surface area contributed by atoms with Crippen molar-refractivity contribution in [3.8, 4) is 5.75 Å². The van der Waals surface area contributed by atoms with Crippen molar-refractivity contribution < 1.29 is 14.3 Å². The first-order chi connectivity index (χ1) is 17.6. The third-order valence-electron chi connectivity index (χ3n) is 6.40. The minimum Gasteiger partial charge on any atom is -0.492 e. The van der Waals surface area contributed by atoms with Crippen LogP contribution in [-0.4, -0.2) is 44.1 Å². The van der Waals surface area contributed by atoms with Gasteiger partial charge in [0.15, 0.2) is 0 Å². The van der Waals surface area contributed by atoms with Crippen LogP contribution in [0.4, 0.5) is 0 Å². The lowest BCUT2D eigenvalue weighted by Gasteiger charge is -2.22. The number of benzene rings is 3. The average Bonchev–Trinajstić information content (AvgIpc) is 3.10. The smallest absolute Gasteiger partial charge is 0.242 e. The van der Waals surface area contributed by atoms with Gasteiger partial charge in [-0.3, -0.25) is 14.3 Å². The molecule has 0 unspecified atom stereocenters. The summed E-state index contributed by atoms with van der Waals surface area (Å²) in [7, 11) is 0. The van der Waals surface area contributed by atoms with Gasteiger partial charge in [-0.1, -0.05) is 48.5 Å². The van der Waals surface area contributed by atoms with Gasteiger partial charge in [0, 0.05) is 29.8 Å². The molecule has 5 N–H and O–H groups in total. The van der Waals surface area contributed by atoms with Crippen molar-refractivity contribution in [1.82, 2.24) is 15.4 Å². The summed E-state index contributed by atoms with van der Waals surface area (Å²) in [5, 5.41) is 7.81. The molecule has 0 spiro atoms. The maximum absolute atomic E-state index is 12.8. The number of rotatable bonds is 5. The second kappa shape index (κ2) is 11.2. The largest absolute Gasteiger partial charge is 0.492 e. The number of carbonyl (C=O) groups is 2. The zero-order valence-electron chi connectivity index (χ0n) is 20.0. The molecule has 0 aromatic heterocycles. The minimum absolute atomic E-state index is 0.173. The van der Waals surface area contributed by atoms with Crippen LogP contribution in [0.5, 0.6) is 5.75 Å². The van der Waals surface area contributed by atoms with Crippen molar-refractivity contribution in [1.29, 1.82) is 0 Å². The predicted molar refractivity (Wildman–Crippen MR) is 144 cm³/mol. The van der Waals surface area contributed by atoms with E-state index in [-0.39, 0.29) is 24.8 Å².